The van der Waals surface area contributed by atoms with Crippen molar-refractivity contribution in [1.29, 1.82) is 0 Å². The molecule has 2 aliphatic heterocycles. The van der Waals surface area contributed by atoms with Crippen LogP contribution in [0.5, 0.6) is 5.75 Å². The van der Waals surface area contributed by atoms with Crippen LogP contribution in [0.2, 0.25) is 0 Å². The highest BCUT2D eigenvalue weighted by Crippen LogP contribution is 2.50. The van der Waals surface area contributed by atoms with Crippen LogP contribution in [0.15, 0.2) is 35.1 Å². The van der Waals surface area contributed by atoms with Crippen LogP contribution >= 0.6 is 7.82 Å². The summed E-state index contributed by atoms with van der Waals surface area (Å²) in [6, 6.07) is 8.36. The second-order valence-corrected chi connectivity index (χ2v) is 10.6. The number of pyridine rings is 2. The molecule has 4 heterocycles. The minimum atomic E-state index is -5.14. The van der Waals surface area contributed by atoms with Crippen LogP contribution in [0.4, 0.5) is 4.79 Å². The van der Waals surface area contributed by atoms with E-state index in [2.05, 4.69) is 5.32 Å². The van der Waals surface area contributed by atoms with Gasteiger partial charge in [-0.3, -0.25) is 9.32 Å². The highest BCUT2D eigenvalue weighted by molar-refractivity contribution is 7.46. The summed E-state index contributed by atoms with van der Waals surface area (Å²) in [5, 5.41) is 3.66. The lowest BCUT2D eigenvalue weighted by molar-refractivity contribution is -0.170. The number of phosphoric ester groups is 1. The third-order valence-corrected chi connectivity index (χ3v) is 7.49. The fourth-order valence-electron chi connectivity index (χ4n) is 4.92. The van der Waals surface area contributed by atoms with Crippen molar-refractivity contribution < 1.29 is 37.9 Å². The van der Waals surface area contributed by atoms with Crippen molar-refractivity contribution >= 4 is 30.8 Å². The lowest BCUT2D eigenvalue weighted by atomic mass is 9.86. The number of amides is 1. The summed E-state index contributed by atoms with van der Waals surface area (Å²) in [5.41, 5.74) is -0.310. The number of cyclic esters (lactones) is 1. The number of hydrogen-bond acceptors (Lipinski definition) is 9. The molecule has 14 heteroatoms. The molecule has 0 aliphatic carbocycles. The van der Waals surface area contributed by atoms with Gasteiger partial charge < -0.3 is 34.0 Å². The largest absolute Gasteiger partial charge is 0.471 e. The number of hydrogen-bond donors (Lipinski definition) is 3. The van der Waals surface area contributed by atoms with Gasteiger partial charge in [0.15, 0.2) is 0 Å². The van der Waals surface area contributed by atoms with Gasteiger partial charge >= 0.3 is 19.9 Å². The van der Waals surface area contributed by atoms with Crippen molar-refractivity contribution in [3.05, 3.63) is 57.4 Å². The lowest BCUT2D eigenvalue weighted by Gasteiger charge is -2.35. The summed E-state index contributed by atoms with van der Waals surface area (Å²) in [6.45, 7) is 2.45. The Labute approximate surface area is 222 Å². The number of aromatic nitrogens is 2. The SMILES string of the molecule is CC[C@@]1(OP(=O)(O)O)C(=O)OCc2c1cc1n(c2=O)Cc2cc3cc(OC(=O)N(C)CCNC)ccc3nc2-1. The Morgan fingerprint density at radius 2 is 2.05 bits per heavy atom. The normalized spacial score (nSPS) is 17.8. The second-order valence-electron chi connectivity index (χ2n) is 9.40. The minimum absolute atomic E-state index is 0.0558. The van der Waals surface area contributed by atoms with Gasteiger partial charge in [-0.25, -0.2) is 19.1 Å². The summed E-state index contributed by atoms with van der Waals surface area (Å²) in [7, 11) is -1.71. The van der Waals surface area contributed by atoms with Crippen molar-refractivity contribution in [2.24, 2.45) is 0 Å². The number of carbonyl (C=O) groups excluding carboxylic acids is 2. The van der Waals surface area contributed by atoms with Gasteiger partial charge in [-0.15, -0.1) is 0 Å². The number of ether oxygens (including phenoxy) is 2. The number of likely N-dealkylation sites (N-methyl/N-ethyl adjacent to an activating group) is 2. The molecule has 0 bridgehead atoms. The van der Waals surface area contributed by atoms with Crippen LogP contribution in [0, 0.1) is 0 Å². The maximum Gasteiger partial charge on any atom is 0.471 e. The van der Waals surface area contributed by atoms with Crippen LogP contribution in [-0.2, 0) is 37.4 Å². The van der Waals surface area contributed by atoms with Crippen LogP contribution < -0.4 is 15.6 Å². The number of esters is 1. The number of benzene rings is 1. The van der Waals surface area contributed by atoms with Gasteiger partial charge in [0.1, 0.15) is 12.4 Å². The molecule has 0 saturated carbocycles. The molecule has 1 atom stereocenters. The molecule has 0 fully saturated rings. The van der Waals surface area contributed by atoms with Gasteiger partial charge in [0.2, 0.25) is 5.60 Å². The number of nitrogens with one attached hydrogen (secondary N) is 1. The summed E-state index contributed by atoms with van der Waals surface area (Å²) in [4.78, 5) is 63.9. The third-order valence-electron chi connectivity index (χ3n) is 6.94. The van der Waals surface area contributed by atoms with E-state index >= 15 is 0 Å². The van der Waals surface area contributed by atoms with E-state index in [4.69, 9.17) is 19.0 Å². The zero-order chi connectivity index (χ0) is 28.1. The van der Waals surface area contributed by atoms with Crippen LogP contribution in [-0.4, -0.2) is 63.5 Å². The van der Waals surface area contributed by atoms with E-state index in [1.807, 2.05) is 6.07 Å². The first kappa shape index (κ1) is 27.0. The first-order chi connectivity index (χ1) is 18.5. The molecule has 1 amide bonds. The molecule has 0 spiro atoms. The molecule has 206 valence electrons. The molecular weight excluding hydrogens is 531 g/mol. The van der Waals surface area contributed by atoms with Crippen molar-refractivity contribution in [2.75, 3.05) is 27.2 Å². The van der Waals surface area contributed by atoms with E-state index < -0.39 is 31.0 Å². The van der Waals surface area contributed by atoms with Gasteiger partial charge in [0, 0.05) is 36.7 Å². The topological polar surface area (TPSA) is 170 Å². The predicted octanol–water partition coefficient (Wildman–Crippen LogP) is 1.85. The van der Waals surface area contributed by atoms with Gasteiger partial charge in [-0.05, 0) is 43.8 Å². The molecule has 2 aliphatic rings. The molecule has 5 rings (SSSR count). The van der Waals surface area contributed by atoms with Gasteiger partial charge in [-0.1, -0.05) is 6.92 Å². The first-order valence-corrected chi connectivity index (χ1v) is 13.7. The number of nitrogens with zero attached hydrogens (tertiary/aromatic N) is 3. The van der Waals surface area contributed by atoms with E-state index in [9.17, 15) is 28.7 Å². The quantitative estimate of drug-likeness (QED) is 0.223. The highest BCUT2D eigenvalue weighted by Gasteiger charge is 2.51. The third kappa shape index (κ3) is 4.72. The maximum absolute atomic E-state index is 13.5. The maximum atomic E-state index is 13.5. The molecule has 0 saturated heterocycles. The molecule has 13 nitrogen and oxygen atoms in total. The molecule has 0 radical (unpaired) electrons. The lowest BCUT2D eigenvalue weighted by Crippen LogP contribution is -2.45. The zero-order valence-electron chi connectivity index (χ0n) is 21.5. The van der Waals surface area contributed by atoms with Crippen LogP contribution in [0.1, 0.15) is 30.0 Å². The fraction of sp³-hybridized carbons (Fsp3) is 0.360. The zero-order valence-corrected chi connectivity index (χ0v) is 22.4. The van der Waals surface area contributed by atoms with Crippen LogP contribution in [0.25, 0.3) is 22.3 Å². The molecule has 2 aromatic heterocycles. The molecular formula is C25H27N4O9P. The fourth-order valence-corrected chi connectivity index (χ4v) is 5.63. The Kier molecular flexibility index (Phi) is 6.81. The average Bonchev–Trinajstić information content (AvgIpc) is 3.24. The highest BCUT2D eigenvalue weighted by atomic mass is 31.2. The summed E-state index contributed by atoms with van der Waals surface area (Å²) in [5.74, 6) is -0.639. The number of phosphoric acid groups is 1. The Balaban J connectivity index is 1.55. The monoisotopic (exact) mass is 558 g/mol. The molecule has 3 aromatic rings. The summed E-state index contributed by atoms with van der Waals surface area (Å²) >= 11 is 0. The first-order valence-electron chi connectivity index (χ1n) is 12.2. The standard InChI is InChI=1S/C25H27N4O9P/c1-4-25(38-39(33,34)35)18-11-20-21-15(12-29(20)22(30)17(18)13-36-23(25)31)9-14-10-16(5-6-19(14)27-21)37-24(32)28(3)8-7-26-2/h5-6,9-11,26H,4,7-8,12-13H2,1-3H3,(H2,33,34,35)/t25-/m0/s1. The van der Waals surface area contributed by atoms with Crippen LogP contribution in [0.3, 0.4) is 0 Å². The van der Waals surface area contributed by atoms with E-state index in [0.717, 1.165) is 0 Å². The van der Waals surface area contributed by atoms with Gasteiger partial charge in [0.05, 0.1) is 29.0 Å². The minimum Gasteiger partial charge on any atom is -0.458 e. The number of carbonyl (C=O) groups is 2. The Morgan fingerprint density at radius 3 is 2.74 bits per heavy atom. The smallest absolute Gasteiger partial charge is 0.458 e. The van der Waals surface area contributed by atoms with E-state index in [1.54, 1.807) is 32.3 Å². The van der Waals surface area contributed by atoms with Crippen molar-refractivity contribution in [1.82, 2.24) is 19.8 Å². The van der Waals surface area contributed by atoms with Gasteiger partial charge in [0.25, 0.3) is 5.56 Å². The molecule has 1 aromatic carbocycles. The molecule has 0 unspecified atom stereocenters. The summed E-state index contributed by atoms with van der Waals surface area (Å²) in [6.07, 6.45) is -0.673. The number of rotatable bonds is 7. The number of fused-ring (bicyclic) bond motifs is 5. The van der Waals surface area contributed by atoms with E-state index in [0.29, 0.717) is 46.7 Å². The van der Waals surface area contributed by atoms with Crippen molar-refractivity contribution in [2.45, 2.75) is 32.1 Å². The van der Waals surface area contributed by atoms with Crippen molar-refractivity contribution in [3.63, 3.8) is 0 Å². The van der Waals surface area contributed by atoms with E-state index in [1.165, 1.54) is 22.5 Å². The molecule has 3 N–H and O–H groups in total. The Morgan fingerprint density at radius 1 is 1.28 bits per heavy atom. The second kappa shape index (κ2) is 9.85. The van der Waals surface area contributed by atoms with Gasteiger partial charge in [-0.2, -0.15) is 0 Å². The van der Waals surface area contributed by atoms with Crippen molar-refractivity contribution in [3.8, 4) is 17.1 Å². The Bertz CT molecular complexity index is 1620. The molecule has 39 heavy (non-hydrogen) atoms. The average molecular weight is 558 g/mol. The van der Waals surface area contributed by atoms with E-state index in [-0.39, 0.29) is 30.7 Å². The summed E-state index contributed by atoms with van der Waals surface area (Å²) < 4.78 is 28.9. The Hall–Kier alpha value is -3.61. The predicted molar refractivity (Wildman–Crippen MR) is 138 cm³/mol.